The van der Waals surface area contributed by atoms with Gasteiger partial charge in [-0.05, 0) is 48.3 Å². The molecule has 436 valence electrons. The molecule has 1 saturated carbocycles. The van der Waals surface area contributed by atoms with Gasteiger partial charge in [0.1, 0.15) is 0 Å². The highest BCUT2D eigenvalue weighted by Crippen LogP contribution is 2.53. The van der Waals surface area contributed by atoms with Crippen LogP contribution in [0.3, 0.4) is 0 Å². The zero-order chi connectivity index (χ0) is 60.1. The third-order valence-electron chi connectivity index (χ3n) is 11.7. The van der Waals surface area contributed by atoms with Crippen molar-refractivity contribution in [3.05, 3.63) is 83.4 Å². The van der Waals surface area contributed by atoms with Gasteiger partial charge in [-0.2, -0.15) is 86.4 Å². The Bertz CT molecular complexity index is 3240. The van der Waals surface area contributed by atoms with Crippen molar-refractivity contribution in [1.29, 1.82) is 0 Å². The first-order valence-corrected chi connectivity index (χ1v) is 26.9. The molecule has 7 unspecified atom stereocenters. The highest BCUT2D eigenvalue weighted by atomic mass is 32.2. The van der Waals surface area contributed by atoms with Crippen molar-refractivity contribution in [3.63, 3.8) is 0 Å². The largest absolute Gasteiger partial charge is 0.525 e. The molecule has 8 amide bonds. The van der Waals surface area contributed by atoms with Crippen LogP contribution in [0.2, 0.25) is 0 Å². The summed E-state index contributed by atoms with van der Waals surface area (Å²) < 4.78 is 246. The van der Waals surface area contributed by atoms with Crippen LogP contribution in [0.4, 0.5) is 52.7 Å². The summed E-state index contributed by atoms with van der Waals surface area (Å²) in [4.78, 5) is 93.0. The van der Waals surface area contributed by atoms with Crippen LogP contribution in [-0.2, 0) is 86.4 Å². The molecule has 4 aliphatic heterocycles. The molecule has 4 heterocycles. The molecule has 2 aromatic carbocycles. The Kier molecular flexibility index (Phi) is 17.8. The standard InChI is InChI=1S/C15H16F3NO5S.C10H8F3NO5S.C9H4F3NO5S.C5H4F3NO5S/c1-3-11(10-7-5-4-6-8-10)12-9(2)13(20)19(14(12)21)24-25(22,23)15(16,17)18;11-10(12,13)20(17,18)19-14-8(15)6-4-1-2-5(3-4)7(6)9(14)16;10-9(11,12)19(16,17)18-13-7(14)5-3-1-2-4-6(5)8(13)15;6-5(7,8)15(12,13)14-9-3(10)1-2-4(9)11/h4-9,11-12H,3H2,1-2H3;1-2,4-7H,3H2;1-4H;1-2H2. The lowest BCUT2D eigenvalue weighted by atomic mass is 9.78. The number of allylic oxidation sites excluding steroid dienone is 2. The van der Waals surface area contributed by atoms with E-state index in [4.69, 9.17) is 0 Å². The van der Waals surface area contributed by atoms with Crippen LogP contribution in [0, 0.1) is 35.5 Å². The maximum Gasteiger partial charge on any atom is 0.525 e. The second-order valence-corrected chi connectivity index (χ2v) is 22.7. The van der Waals surface area contributed by atoms with Crippen LogP contribution in [0.5, 0.6) is 0 Å². The van der Waals surface area contributed by atoms with Gasteiger partial charge in [-0.15, -0.1) is 37.4 Å². The molecule has 2 aromatic rings. The van der Waals surface area contributed by atoms with Crippen LogP contribution in [0.15, 0.2) is 66.7 Å². The molecule has 4 fully saturated rings. The third-order valence-corrected chi connectivity index (χ3v) is 15.4. The van der Waals surface area contributed by atoms with Crippen molar-refractivity contribution in [2.45, 2.75) is 67.5 Å². The molecule has 24 nitrogen and oxygen atoms in total. The molecule has 7 atom stereocenters. The van der Waals surface area contributed by atoms with E-state index in [0.717, 1.165) is 5.56 Å². The van der Waals surface area contributed by atoms with E-state index in [2.05, 4.69) is 17.1 Å². The topological polar surface area (TPSA) is 323 Å². The average Bonchev–Trinajstić information content (AvgIpc) is 4.34. The second-order valence-electron chi connectivity index (χ2n) is 16.6. The highest BCUT2D eigenvalue weighted by Gasteiger charge is 2.63. The lowest BCUT2D eigenvalue weighted by molar-refractivity contribution is -0.170. The molecule has 2 bridgehead atoms. The van der Waals surface area contributed by atoms with Gasteiger partial charge >= 0.3 is 62.5 Å². The molecular weight excluding hydrogens is 1200 g/mol. The number of fused-ring (bicyclic) bond motifs is 6. The second kappa shape index (κ2) is 22.2. The van der Waals surface area contributed by atoms with E-state index >= 15 is 0 Å². The minimum absolute atomic E-state index is 0.232. The average molecular weight is 1230 g/mol. The first-order chi connectivity index (χ1) is 35.9. The highest BCUT2D eigenvalue weighted by molar-refractivity contribution is 7.88. The Balaban J connectivity index is 0.000000197. The van der Waals surface area contributed by atoms with E-state index in [0.29, 0.717) is 12.8 Å². The Morgan fingerprint density at radius 2 is 0.810 bits per heavy atom. The summed E-state index contributed by atoms with van der Waals surface area (Å²) >= 11 is 0. The Hall–Kier alpha value is -6.46. The zero-order valence-electron chi connectivity index (χ0n) is 38.8. The number of benzene rings is 2. The maximum atomic E-state index is 12.5. The molecule has 0 aromatic heterocycles. The van der Waals surface area contributed by atoms with Crippen LogP contribution >= 0.6 is 0 Å². The number of amides is 8. The van der Waals surface area contributed by atoms with Crippen molar-refractivity contribution in [2.24, 2.45) is 35.5 Å². The molecule has 8 rings (SSSR count). The number of carbonyl (C=O) groups excluding carboxylic acids is 8. The first kappa shape index (κ1) is 63.4. The van der Waals surface area contributed by atoms with Gasteiger partial charge in [0.2, 0.25) is 0 Å². The number of hydrogen-bond acceptors (Lipinski definition) is 20. The summed E-state index contributed by atoms with van der Waals surface area (Å²) in [6, 6.07) is 13.7. The summed E-state index contributed by atoms with van der Waals surface area (Å²) in [7, 11) is -24.2. The van der Waals surface area contributed by atoms with Gasteiger partial charge in [0.05, 0.1) is 34.8 Å². The molecule has 6 aliphatic rings. The predicted octanol–water partition coefficient (Wildman–Crippen LogP) is 4.14. The third kappa shape index (κ3) is 12.8. The fourth-order valence-electron chi connectivity index (χ4n) is 8.17. The van der Waals surface area contributed by atoms with E-state index in [1.54, 1.807) is 49.4 Å². The first-order valence-electron chi connectivity index (χ1n) is 21.3. The number of alkyl halides is 12. The fraction of sp³-hybridized carbons (Fsp3) is 0.436. The van der Waals surface area contributed by atoms with Crippen LogP contribution in [0.1, 0.15) is 71.7 Å². The number of rotatable bonds is 11. The van der Waals surface area contributed by atoms with Gasteiger partial charge in [0.25, 0.3) is 47.3 Å². The van der Waals surface area contributed by atoms with E-state index in [9.17, 15) is 125 Å². The number of imide groups is 4. The molecule has 3 saturated heterocycles. The lowest BCUT2D eigenvalue weighted by Gasteiger charge is -2.23. The molecule has 79 heavy (non-hydrogen) atoms. The quantitative estimate of drug-likeness (QED) is 0.132. The number of halogens is 12. The van der Waals surface area contributed by atoms with Gasteiger partial charge in [-0.3, -0.25) is 38.4 Å². The van der Waals surface area contributed by atoms with Gasteiger partial charge in [-0.1, -0.05) is 68.5 Å². The van der Waals surface area contributed by atoms with Gasteiger partial charge < -0.3 is 0 Å². The monoisotopic (exact) mass is 1230 g/mol. The number of hydrogen-bond donors (Lipinski definition) is 0. The summed E-state index contributed by atoms with van der Waals surface area (Å²) in [6.45, 7) is 3.12. The molecule has 0 N–H and O–H groups in total. The molecular formula is C39H32F12N4O20S4. The summed E-state index contributed by atoms with van der Waals surface area (Å²) in [5, 5.41) is -1.33. The number of hydroxylamine groups is 8. The summed E-state index contributed by atoms with van der Waals surface area (Å²) in [6.07, 6.45) is 3.71. The molecule has 0 spiro atoms. The maximum absolute atomic E-state index is 12.5. The van der Waals surface area contributed by atoms with Gasteiger partial charge in [0, 0.05) is 12.8 Å². The number of nitrogens with zero attached hydrogens (tertiary/aromatic N) is 4. The minimum atomic E-state index is -6.11. The smallest absolute Gasteiger partial charge is 0.272 e. The van der Waals surface area contributed by atoms with E-state index < -0.39 is 144 Å². The van der Waals surface area contributed by atoms with Crippen LogP contribution in [-0.4, -0.2) is 123 Å². The van der Waals surface area contributed by atoms with Crippen molar-refractivity contribution in [3.8, 4) is 0 Å². The fourth-order valence-corrected chi connectivity index (χ4v) is 9.89. The Labute approximate surface area is 435 Å². The van der Waals surface area contributed by atoms with Crippen molar-refractivity contribution < 1.29 is 142 Å². The molecule has 2 aliphatic carbocycles. The molecule has 40 heteroatoms. The van der Waals surface area contributed by atoms with Crippen molar-refractivity contribution >= 4 is 87.7 Å². The van der Waals surface area contributed by atoms with Crippen molar-refractivity contribution in [1.82, 2.24) is 20.3 Å². The van der Waals surface area contributed by atoms with Gasteiger partial charge in [0.15, 0.2) is 0 Å². The Morgan fingerprint density at radius 1 is 0.481 bits per heavy atom. The lowest BCUT2D eigenvalue weighted by Crippen LogP contribution is -2.39. The van der Waals surface area contributed by atoms with E-state index in [1.807, 2.05) is 0 Å². The SMILES string of the molecule is CCC(c1ccccc1)C1C(=O)N(OS(=O)(=O)C(F)(F)F)C(=O)C1C.O=C1C2C3C=CC(C3)C2C(=O)N1OS(=O)(=O)C(F)(F)F.O=C1CCC(=O)N1OS(=O)(=O)C(F)(F)F.O=C1c2ccccc2C(=O)N1OS(=O)(=O)C(F)(F)F. The number of carbonyl (C=O) groups is 8. The van der Waals surface area contributed by atoms with E-state index in [-0.39, 0.29) is 51.0 Å². The van der Waals surface area contributed by atoms with Crippen LogP contribution < -0.4 is 0 Å². The predicted molar refractivity (Wildman–Crippen MR) is 226 cm³/mol. The van der Waals surface area contributed by atoms with E-state index in [1.165, 1.54) is 31.2 Å². The summed E-state index contributed by atoms with van der Waals surface area (Å²) in [5.41, 5.74) is -22.6. The summed E-state index contributed by atoms with van der Waals surface area (Å²) in [5.74, 6) is -13.6. The zero-order valence-corrected chi connectivity index (χ0v) is 42.1. The van der Waals surface area contributed by atoms with Crippen LogP contribution in [0.25, 0.3) is 0 Å². The minimum Gasteiger partial charge on any atom is -0.272 e. The normalized spacial score (nSPS) is 23.8. The molecule has 0 radical (unpaired) electrons. The van der Waals surface area contributed by atoms with Gasteiger partial charge in [-0.25, -0.2) is 0 Å². The Morgan fingerprint density at radius 3 is 1.16 bits per heavy atom. The van der Waals surface area contributed by atoms with Crippen molar-refractivity contribution in [2.75, 3.05) is 0 Å².